The largest absolute Gasteiger partial charge is 1.00 e. The van der Waals surface area contributed by atoms with Gasteiger partial charge in [-0.05, 0) is 18.6 Å². The Morgan fingerprint density at radius 1 is 1.10 bits per heavy atom. The Kier molecular flexibility index (Phi) is 10.5. The van der Waals surface area contributed by atoms with Crippen LogP contribution in [0.3, 0.4) is 0 Å². The van der Waals surface area contributed by atoms with Gasteiger partial charge in [0.2, 0.25) is 11.8 Å². The van der Waals surface area contributed by atoms with Crippen LogP contribution in [0.25, 0.3) is 4.72 Å². The summed E-state index contributed by atoms with van der Waals surface area (Å²) < 4.78 is 46.8. The Labute approximate surface area is 201 Å². The average molecular weight is 462 g/mol. The van der Waals surface area contributed by atoms with Gasteiger partial charge in [-0.1, -0.05) is 19.1 Å². The van der Waals surface area contributed by atoms with Gasteiger partial charge in [0.05, 0.1) is 26.9 Å². The Bertz CT molecular complexity index is 997. The third-order valence-corrected chi connectivity index (χ3v) is 4.03. The van der Waals surface area contributed by atoms with Gasteiger partial charge in [-0.2, -0.15) is 18.4 Å². The minimum Gasteiger partial charge on any atom is -0.481 e. The smallest absolute Gasteiger partial charge is 0.481 e. The number of hydrogen-bond acceptors (Lipinski definition) is 10. The topological polar surface area (TPSA) is 157 Å². The Morgan fingerprint density at radius 2 is 1.71 bits per heavy atom. The second kappa shape index (κ2) is 12.3. The number of anilines is 1. The maximum Gasteiger partial charge on any atom is 1.00 e. The standard InChI is InChI=1S/C17H20N4O8S.Na/c1-4-9-28-15(22)11-7-5-6-8-12(11)29-30(24,25)21-17(23)20-16-18-13(26-2)10-14(19-16)27-3;/h5-8,10H,4,9H2,1-3H3,(H2,18,19,20,21,23);/q;+1/p-1. The molecule has 162 valence electrons. The van der Waals surface area contributed by atoms with Crippen molar-refractivity contribution in [3.05, 3.63) is 40.6 Å². The van der Waals surface area contributed by atoms with Crippen LogP contribution < -0.4 is 48.5 Å². The molecule has 0 aliphatic rings. The fourth-order valence-electron chi connectivity index (χ4n) is 2.00. The Balaban J connectivity index is 0.00000480. The predicted octanol–water partition coefficient (Wildman–Crippen LogP) is -0.706. The van der Waals surface area contributed by atoms with Gasteiger partial charge in [0.25, 0.3) is 0 Å². The van der Waals surface area contributed by atoms with E-state index in [1.165, 1.54) is 44.6 Å². The molecule has 0 bridgehead atoms. The summed E-state index contributed by atoms with van der Waals surface area (Å²) in [4.78, 5) is 31.7. The SMILES string of the molecule is CCCOC(=O)c1ccccc1OS(=O)(=O)[N-]C(=O)Nc1nc(OC)cc(OC)n1.[Na+]. The Hall–Kier alpha value is -2.61. The fourth-order valence-corrected chi connectivity index (χ4v) is 2.66. The van der Waals surface area contributed by atoms with Gasteiger partial charge >= 0.3 is 45.8 Å². The number of nitrogens with zero attached hydrogens (tertiary/aromatic N) is 3. The van der Waals surface area contributed by atoms with E-state index in [1.807, 2.05) is 0 Å². The number of esters is 1. The van der Waals surface area contributed by atoms with Gasteiger partial charge in [0.15, 0.2) is 17.7 Å². The van der Waals surface area contributed by atoms with Crippen LogP contribution in [0.15, 0.2) is 30.3 Å². The first-order valence-corrected chi connectivity index (χ1v) is 9.86. The molecule has 2 aromatic rings. The molecule has 0 spiro atoms. The summed E-state index contributed by atoms with van der Waals surface area (Å²) in [6.07, 6.45) is 0.583. The van der Waals surface area contributed by atoms with Gasteiger partial charge in [-0.25, -0.2) is 4.79 Å². The summed E-state index contributed by atoms with van der Waals surface area (Å²) in [6, 6.07) is 5.50. The molecule has 14 heteroatoms. The van der Waals surface area contributed by atoms with Crippen LogP contribution in [0.2, 0.25) is 0 Å². The van der Waals surface area contributed by atoms with Crippen LogP contribution in [-0.4, -0.2) is 51.2 Å². The third kappa shape index (κ3) is 8.20. The molecule has 0 aliphatic heterocycles. The number of methoxy groups -OCH3 is 2. The first kappa shape index (κ1) is 26.4. The van der Waals surface area contributed by atoms with Crippen LogP contribution in [0.4, 0.5) is 10.7 Å². The van der Waals surface area contributed by atoms with E-state index in [0.29, 0.717) is 6.42 Å². The number of urea groups is 1. The quantitative estimate of drug-likeness (QED) is 0.373. The number of amides is 2. The number of para-hydroxylation sites is 1. The number of benzene rings is 1. The van der Waals surface area contributed by atoms with Gasteiger partial charge < -0.3 is 23.7 Å². The minimum absolute atomic E-state index is 0. The fraction of sp³-hybridized carbons (Fsp3) is 0.294. The number of carbonyl (C=O) groups is 2. The minimum atomic E-state index is -4.77. The van der Waals surface area contributed by atoms with Gasteiger partial charge in [0.1, 0.15) is 5.56 Å². The molecule has 0 aliphatic carbocycles. The summed E-state index contributed by atoms with van der Waals surface area (Å²) in [5.74, 6) is -1.29. The zero-order valence-corrected chi connectivity index (χ0v) is 20.1. The second-order valence-electron chi connectivity index (χ2n) is 5.44. The van der Waals surface area contributed by atoms with Crippen molar-refractivity contribution in [1.29, 1.82) is 0 Å². The number of ether oxygens (including phenoxy) is 3. The third-order valence-electron chi connectivity index (χ3n) is 3.25. The van der Waals surface area contributed by atoms with Crippen molar-refractivity contribution in [3.63, 3.8) is 0 Å². The summed E-state index contributed by atoms with van der Waals surface area (Å²) in [5.41, 5.74) is -0.133. The van der Waals surface area contributed by atoms with Crippen LogP contribution >= 0.6 is 0 Å². The van der Waals surface area contributed by atoms with Crippen molar-refractivity contribution >= 4 is 28.3 Å². The van der Waals surface area contributed by atoms with E-state index in [9.17, 15) is 18.0 Å². The van der Waals surface area contributed by atoms with Crippen LogP contribution in [0.5, 0.6) is 17.5 Å². The molecule has 1 aromatic heterocycles. The summed E-state index contributed by atoms with van der Waals surface area (Å²) in [5, 5.41) is 2.06. The van der Waals surface area contributed by atoms with E-state index >= 15 is 0 Å². The molecule has 12 nitrogen and oxygen atoms in total. The maximum absolute atomic E-state index is 12.1. The molecule has 1 aromatic carbocycles. The molecule has 0 radical (unpaired) electrons. The molecule has 2 amide bonds. The molecular formula is C17H19N4NaO8S. The molecule has 31 heavy (non-hydrogen) atoms. The molecule has 0 fully saturated rings. The number of hydrogen-bond donors (Lipinski definition) is 1. The molecule has 0 saturated heterocycles. The van der Waals surface area contributed by atoms with Gasteiger partial charge in [-0.15, -0.1) is 0 Å². The normalized spacial score (nSPS) is 10.3. The van der Waals surface area contributed by atoms with Gasteiger partial charge in [-0.3, -0.25) is 9.52 Å². The van der Waals surface area contributed by atoms with Crippen LogP contribution in [0, 0.1) is 0 Å². The summed E-state index contributed by atoms with van der Waals surface area (Å²) in [7, 11) is -2.11. The van der Waals surface area contributed by atoms with Crippen molar-refractivity contribution in [2.75, 3.05) is 26.1 Å². The van der Waals surface area contributed by atoms with Crippen LogP contribution in [0.1, 0.15) is 23.7 Å². The molecule has 0 unspecified atom stereocenters. The second-order valence-corrected chi connectivity index (χ2v) is 6.65. The predicted molar refractivity (Wildman–Crippen MR) is 104 cm³/mol. The average Bonchev–Trinajstić information content (AvgIpc) is 2.71. The van der Waals surface area contributed by atoms with Gasteiger partial charge in [0, 0.05) is 0 Å². The summed E-state index contributed by atoms with van der Waals surface area (Å²) >= 11 is 0. The molecule has 0 saturated carbocycles. The van der Waals surface area contributed by atoms with E-state index in [4.69, 9.17) is 18.4 Å². The maximum atomic E-state index is 12.1. The van der Waals surface area contributed by atoms with Crippen LogP contribution in [-0.2, 0) is 15.0 Å². The first-order valence-electron chi connectivity index (χ1n) is 8.49. The monoisotopic (exact) mass is 462 g/mol. The van der Waals surface area contributed by atoms with E-state index in [-0.39, 0.29) is 65.2 Å². The molecule has 0 atom stereocenters. The van der Waals surface area contributed by atoms with Crippen molar-refractivity contribution in [3.8, 4) is 17.5 Å². The molecular weight excluding hydrogens is 443 g/mol. The van der Waals surface area contributed by atoms with E-state index in [1.54, 1.807) is 6.92 Å². The molecule has 1 N–H and O–H groups in total. The van der Waals surface area contributed by atoms with Crippen molar-refractivity contribution < 1.29 is 66.0 Å². The van der Waals surface area contributed by atoms with Crippen molar-refractivity contribution in [2.24, 2.45) is 0 Å². The van der Waals surface area contributed by atoms with E-state index in [2.05, 4.69) is 20.0 Å². The first-order chi connectivity index (χ1) is 14.3. The number of aromatic nitrogens is 2. The van der Waals surface area contributed by atoms with Crippen molar-refractivity contribution in [2.45, 2.75) is 13.3 Å². The van der Waals surface area contributed by atoms with E-state index < -0.39 is 22.3 Å². The Morgan fingerprint density at radius 3 is 2.29 bits per heavy atom. The number of carbonyl (C=O) groups excluding carboxylic acids is 2. The zero-order chi connectivity index (χ0) is 22.1. The van der Waals surface area contributed by atoms with E-state index in [0.717, 1.165) is 0 Å². The van der Waals surface area contributed by atoms with Crippen molar-refractivity contribution in [1.82, 2.24) is 9.97 Å². The summed E-state index contributed by atoms with van der Waals surface area (Å²) in [6.45, 7) is 1.95. The molecule has 2 rings (SSSR count). The number of nitrogens with one attached hydrogen (secondary N) is 1. The number of rotatable bonds is 9. The zero-order valence-electron chi connectivity index (χ0n) is 17.3. The molecule has 1 heterocycles.